The van der Waals surface area contributed by atoms with Gasteiger partial charge in [0.15, 0.2) is 4.34 Å². The third-order valence-electron chi connectivity index (χ3n) is 2.19. The third-order valence-corrected chi connectivity index (χ3v) is 4.46. The lowest BCUT2D eigenvalue weighted by molar-refractivity contribution is -0.113. The first-order chi connectivity index (χ1) is 9.67. The van der Waals surface area contributed by atoms with E-state index in [1.54, 1.807) is 24.3 Å². The van der Waals surface area contributed by atoms with E-state index in [0.29, 0.717) is 10.8 Å². The fourth-order valence-electron chi connectivity index (χ4n) is 1.35. The van der Waals surface area contributed by atoms with Gasteiger partial charge in [0.25, 0.3) is 0 Å². The average molecular weight is 329 g/mol. The van der Waals surface area contributed by atoms with Gasteiger partial charge in [-0.2, -0.15) is 0 Å². The van der Waals surface area contributed by atoms with Gasteiger partial charge in [-0.3, -0.25) is 4.79 Å². The topological polar surface area (TPSA) is 66.9 Å². The van der Waals surface area contributed by atoms with Crippen LogP contribution in [0.1, 0.15) is 6.92 Å². The van der Waals surface area contributed by atoms with Crippen molar-refractivity contribution in [3.05, 3.63) is 29.3 Å². The van der Waals surface area contributed by atoms with E-state index in [2.05, 4.69) is 20.8 Å². The van der Waals surface area contributed by atoms with E-state index in [1.807, 2.05) is 6.92 Å². The smallest absolute Gasteiger partial charge is 0.234 e. The maximum absolute atomic E-state index is 11.8. The summed E-state index contributed by atoms with van der Waals surface area (Å²) in [4.78, 5) is 11.8. The molecule has 0 aliphatic carbocycles. The Morgan fingerprint density at radius 2 is 2.10 bits per heavy atom. The molecule has 8 heteroatoms. The van der Waals surface area contributed by atoms with Crippen LogP contribution in [0, 0.1) is 0 Å². The minimum absolute atomic E-state index is 0.0856. The first kappa shape index (κ1) is 15.1. The fourth-order valence-corrected chi connectivity index (χ4v) is 3.09. The molecule has 0 atom stereocenters. The SMILES string of the molecule is CCNc1nnc(SCC(=O)Nc2ccc(Cl)cc2)s1. The van der Waals surface area contributed by atoms with Gasteiger partial charge in [0.2, 0.25) is 11.0 Å². The number of hydrogen-bond acceptors (Lipinski definition) is 6. The van der Waals surface area contributed by atoms with Crippen LogP contribution < -0.4 is 10.6 Å². The zero-order valence-electron chi connectivity index (χ0n) is 10.7. The van der Waals surface area contributed by atoms with Gasteiger partial charge in [0.1, 0.15) is 0 Å². The lowest BCUT2D eigenvalue weighted by atomic mass is 10.3. The number of rotatable bonds is 6. The van der Waals surface area contributed by atoms with E-state index < -0.39 is 0 Å². The van der Waals surface area contributed by atoms with E-state index >= 15 is 0 Å². The molecule has 0 aliphatic rings. The number of halogens is 1. The van der Waals surface area contributed by atoms with Crippen LogP contribution in [0.4, 0.5) is 10.8 Å². The lowest BCUT2D eigenvalue weighted by Gasteiger charge is -2.03. The van der Waals surface area contributed by atoms with Gasteiger partial charge in [0.05, 0.1) is 5.75 Å². The van der Waals surface area contributed by atoms with Gasteiger partial charge >= 0.3 is 0 Å². The van der Waals surface area contributed by atoms with Crippen LogP contribution in [0.15, 0.2) is 28.6 Å². The number of aromatic nitrogens is 2. The summed E-state index contributed by atoms with van der Waals surface area (Å²) in [5, 5.41) is 15.2. The third kappa shape index (κ3) is 4.66. The monoisotopic (exact) mass is 328 g/mol. The second-order valence-electron chi connectivity index (χ2n) is 3.75. The number of hydrogen-bond donors (Lipinski definition) is 2. The van der Waals surface area contributed by atoms with E-state index in [4.69, 9.17) is 11.6 Å². The molecule has 1 aromatic heterocycles. The van der Waals surface area contributed by atoms with Crippen LogP contribution in [0.5, 0.6) is 0 Å². The van der Waals surface area contributed by atoms with E-state index in [-0.39, 0.29) is 5.91 Å². The molecule has 106 valence electrons. The molecule has 20 heavy (non-hydrogen) atoms. The summed E-state index contributed by atoms with van der Waals surface area (Å²) in [6.45, 7) is 2.80. The molecule has 0 saturated carbocycles. The van der Waals surface area contributed by atoms with Crippen LogP contribution in [0.2, 0.25) is 5.02 Å². The highest BCUT2D eigenvalue weighted by Crippen LogP contribution is 2.25. The average Bonchev–Trinajstić information content (AvgIpc) is 2.87. The Bertz CT molecular complexity index is 573. The van der Waals surface area contributed by atoms with Crippen molar-refractivity contribution in [2.24, 2.45) is 0 Å². The van der Waals surface area contributed by atoms with Gasteiger partial charge in [-0.05, 0) is 31.2 Å². The predicted octanol–water partition coefficient (Wildman–Crippen LogP) is 3.35. The molecular formula is C12H13ClN4OS2. The number of benzene rings is 1. The molecule has 1 aromatic carbocycles. The number of amides is 1. The van der Waals surface area contributed by atoms with Crippen LogP contribution in [0.3, 0.4) is 0 Å². The summed E-state index contributed by atoms with van der Waals surface area (Å²) < 4.78 is 0.771. The molecule has 0 saturated heterocycles. The highest BCUT2D eigenvalue weighted by atomic mass is 35.5. The summed E-state index contributed by atoms with van der Waals surface area (Å²) in [5.74, 6) is 0.209. The molecule has 2 N–H and O–H groups in total. The van der Waals surface area contributed by atoms with Crippen LogP contribution >= 0.6 is 34.7 Å². The zero-order valence-corrected chi connectivity index (χ0v) is 13.1. The molecular weight excluding hydrogens is 316 g/mol. The summed E-state index contributed by atoms with van der Waals surface area (Å²) in [5.41, 5.74) is 0.727. The first-order valence-corrected chi connectivity index (χ1v) is 8.11. The quantitative estimate of drug-likeness (QED) is 0.796. The molecule has 5 nitrogen and oxygen atoms in total. The maximum Gasteiger partial charge on any atom is 0.234 e. The molecule has 0 aliphatic heterocycles. The molecule has 0 spiro atoms. The summed E-state index contributed by atoms with van der Waals surface area (Å²) in [6.07, 6.45) is 0. The Morgan fingerprint density at radius 1 is 1.35 bits per heavy atom. The largest absolute Gasteiger partial charge is 0.360 e. The Balaban J connectivity index is 1.80. The number of carbonyl (C=O) groups excluding carboxylic acids is 1. The zero-order chi connectivity index (χ0) is 14.4. The van der Waals surface area contributed by atoms with Crippen LogP contribution in [-0.2, 0) is 4.79 Å². The van der Waals surface area contributed by atoms with Crippen molar-refractivity contribution in [1.29, 1.82) is 0 Å². The summed E-state index contributed by atoms with van der Waals surface area (Å²) in [6, 6.07) is 6.99. The molecule has 2 rings (SSSR count). The van der Waals surface area contributed by atoms with Crippen molar-refractivity contribution >= 4 is 51.4 Å². The van der Waals surface area contributed by atoms with Crippen LogP contribution in [-0.4, -0.2) is 28.4 Å². The number of nitrogens with zero attached hydrogens (tertiary/aromatic N) is 2. The Kier molecular flexibility index (Phi) is 5.63. The normalized spacial score (nSPS) is 10.3. The van der Waals surface area contributed by atoms with Crippen molar-refractivity contribution in [2.75, 3.05) is 22.9 Å². The molecule has 0 radical (unpaired) electrons. The minimum atomic E-state index is -0.0856. The number of nitrogens with one attached hydrogen (secondary N) is 2. The molecule has 0 bridgehead atoms. The summed E-state index contributed by atoms with van der Waals surface area (Å²) in [7, 11) is 0. The van der Waals surface area contributed by atoms with E-state index in [1.165, 1.54) is 23.1 Å². The standard InChI is InChI=1S/C12H13ClN4OS2/c1-2-14-11-16-17-12(20-11)19-7-10(18)15-9-5-3-8(13)4-6-9/h3-6H,2,7H2,1H3,(H,14,16)(H,15,18). The Morgan fingerprint density at radius 3 is 2.80 bits per heavy atom. The van der Waals surface area contributed by atoms with Crippen molar-refractivity contribution in [1.82, 2.24) is 10.2 Å². The predicted molar refractivity (Wildman–Crippen MR) is 84.9 cm³/mol. The van der Waals surface area contributed by atoms with Crippen LogP contribution in [0.25, 0.3) is 0 Å². The second kappa shape index (κ2) is 7.47. The minimum Gasteiger partial charge on any atom is -0.360 e. The van der Waals surface area contributed by atoms with Gasteiger partial charge in [-0.15, -0.1) is 10.2 Å². The van der Waals surface area contributed by atoms with Gasteiger partial charge in [-0.1, -0.05) is 34.7 Å². The molecule has 1 amide bonds. The van der Waals surface area contributed by atoms with E-state index in [0.717, 1.165) is 21.7 Å². The molecule has 1 heterocycles. The lowest BCUT2D eigenvalue weighted by Crippen LogP contribution is -2.13. The Hall–Kier alpha value is -1.31. The highest BCUT2D eigenvalue weighted by Gasteiger charge is 2.08. The van der Waals surface area contributed by atoms with Gasteiger partial charge < -0.3 is 10.6 Å². The summed E-state index contributed by atoms with van der Waals surface area (Å²) >= 11 is 8.59. The Labute approximate surface area is 130 Å². The highest BCUT2D eigenvalue weighted by molar-refractivity contribution is 8.01. The molecule has 2 aromatic rings. The molecule has 0 unspecified atom stereocenters. The van der Waals surface area contributed by atoms with Crippen molar-refractivity contribution in [3.8, 4) is 0 Å². The number of anilines is 2. The first-order valence-electron chi connectivity index (χ1n) is 5.93. The van der Waals surface area contributed by atoms with Gasteiger partial charge in [0, 0.05) is 17.3 Å². The van der Waals surface area contributed by atoms with Crippen molar-refractivity contribution < 1.29 is 4.79 Å². The molecule has 0 fully saturated rings. The maximum atomic E-state index is 11.8. The second-order valence-corrected chi connectivity index (χ2v) is 6.38. The van der Waals surface area contributed by atoms with Crippen molar-refractivity contribution in [3.63, 3.8) is 0 Å². The van der Waals surface area contributed by atoms with Gasteiger partial charge in [-0.25, -0.2) is 0 Å². The van der Waals surface area contributed by atoms with E-state index in [9.17, 15) is 4.79 Å². The number of carbonyl (C=O) groups is 1. The number of thioether (sulfide) groups is 1. The fraction of sp³-hybridized carbons (Fsp3) is 0.250. The van der Waals surface area contributed by atoms with Crippen molar-refractivity contribution in [2.45, 2.75) is 11.3 Å².